The molecule has 0 aliphatic rings. The van der Waals surface area contributed by atoms with Gasteiger partial charge in [-0.3, -0.25) is 9.67 Å². The van der Waals surface area contributed by atoms with Crippen LogP contribution in [-0.2, 0) is 6.54 Å². The van der Waals surface area contributed by atoms with Gasteiger partial charge in [-0.2, -0.15) is 5.10 Å². The second-order valence-corrected chi connectivity index (χ2v) is 5.75. The highest BCUT2D eigenvalue weighted by Crippen LogP contribution is 2.22. The van der Waals surface area contributed by atoms with Crippen molar-refractivity contribution >= 4 is 23.6 Å². The Balaban J connectivity index is 2.12. The number of likely N-dealkylation sites (N-methyl/N-ethyl adjacent to an activating group) is 1. The maximum atomic E-state index is 5.33. The summed E-state index contributed by atoms with van der Waals surface area (Å²) in [6.07, 6.45) is 1.18. The molecular formula is C13H20N4S2. The molecule has 2 aromatic rings. The highest BCUT2D eigenvalue weighted by molar-refractivity contribution is 7.71. The largest absolute Gasteiger partial charge is 0.302 e. The Bertz CT molecular complexity index is 541. The van der Waals surface area contributed by atoms with E-state index in [1.165, 1.54) is 6.42 Å². The third kappa shape index (κ3) is 3.52. The van der Waals surface area contributed by atoms with E-state index in [1.807, 2.05) is 6.07 Å². The molecule has 0 radical (unpaired) electrons. The Morgan fingerprint density at radius 2 is 2.26 bits per heavy atom. The predicted molar refractivity (Wildman–Crippen MR) is 83.1 cm³/mol. The first kappa shape index (κ1) is 14.4. The minimum Gasteiger partial charge on any atom is -0.302 e. The summed E-state index contributed by atoms with van der Waals surface area (Å²) in [4.78, 5) is 3.60. The monoisotopic (exact) mass is 296 g/mol. The molecule has 0 atom stereocenters. The zero-order valence-electron chi connectivity index (χ0n) is 11.4. The van der Waals surface area contributed by atoms with Crippen molar-refractivity contribution in [1.82, 2.24) is 19.7 Å². The normalized spacial score (nSPS) is 11.3. The number of hydrogen-bond acceptors (Lipinski definition) is 4. The number of nitrogens with zero attached hydrogens (tertiary/aromatic N) is 3. The molecular weight excluding hydrogens is 276 g/mol. The maximum absolute atomic E-state index is 5.33. The van der Waals surface area contributed by atoms with Gasteiger partial charge in [-0.15, -0.1) is 11.3 Å². The van der Waals surface area contributed by atoms with Crippen molar-refractivity contribution in [3.8, 4) is 10.7 Å². The Kier molecular flexibility index (Phi) is 5.30. The molecule has 4 nitrogen and oxygen atoms in total. The molecule has 0 fully saturated rings. The van der Waals surface area contributed by atoms with E-state index in [4.69, 9.17) is 12.2 Å². The summed E-state index contributed by atoms with van der Waals surface area (Å²) < 4.78 is 2.80. The summed E-state index contributed by atoms with van der Waals surface area (Å²) in [6, 6.07) is 4.12. The van der Waals surface area contributed by atoms with E-state index in [2.05, 4.69) is 45.0 Å². The molecule has 0 saturated carbocycles. The van der Waals surface area contributed by atoms with Gasteiger partial charge in [0.15, 0.2) is 10.6 Å². The van der Waals surface area contributed by atoms with E-state index in [1.54, 1.807) is 11.3 Å². The predicted octanol–water partition coefficient (Wildman–Crippen LogP) is 3.40. The summed E-state index contributed by atoms with van der Waals surface area (Å²) in [6.45, 7) is 8.52. The highest BCUT2D eigenvalue weighted by Gasteiger charge is 2.10. The Morgan fingerprint density at radius 3 is 2.89 bits per heavy atom. The van der Waals surface area contributed by atoms with Crippen LogP contribution in [0.4, 0.5) is 0 Å². The zero-order chi connectivity index (χ0) is 13.7. The van der Waals surface area contributed by atoms with Crippen LogP contribution in [-0.4, -0.2) is 39.3 Å². The first-order valence-electron chi connectivity index (χ1n) is 6.67. The van der Waals surface area contributed by atoms with Gasteiger partial charge in [0.25, 0.3) is 0 Å². The summed E-state index contributed by atoms with van der Waals surface area (Å²) in [5, 5.41) is 9.31. The van der Waals surface area contributed by atoms with Crippen molar-refractivity contribution in [2.24, 2.45) is 0 Å². The molecule has 2 aromatic heterocycles. The van der Waals surface area contributed by atoms with Crippen molar-refractivity contribution in [3.63, 3.8) is 0 Å². The van der Waals surface area contributed by atoms with Gasteiger partial charge in [-0.1, -0.05) is 19.9 Å². The summed E-state index contributed by atoms with van der Waals surface area (Å²) in [5.41, 5.74) is 0. The van der Waals surface area contributed by atoms with E-state index >= 15 is 0 Å². The molecule has 2 rings (SSSR count). The molecule has 104 valence electrons. The fraction of sp³-hybridized carbons (Fsp3) is 0.538. The average molecular weight is 296 g/mol. The number of nitrogens with one attached hydrogen (secondary N) is 1. The highest BCUT2D eigenvalue weighted by atomic mass is 32.1. The van der Waals surface area contributed by atoms with Gasteiger partial charge in [0.05, 0.1) is 4.88 Å². The zero-order valence-corrected chi connectivity index (χ0v) is 13.1. The molecule has 0 aromatic carbocycles. The van der Waals surface area contributed by atoms with Gasteiger partial charge in [0.1, 0.15) is 0 Å². The molecule has 0 spiro atoms. The van der Waals surface area contributed by atoms with E-state index in [0.717, 1.165) is 36.9 Å². The van der Waals surface area contributed by atoms with Crippen molar-refractivity contribution in [3.05, 3.63) is 22.3 Å². The van der Waals surface area contributed by atoms with Crippen LogP contribution in [0, 0.1) is 4.77 Å². The third-order valence-corrected chi connectivity index (χ3v) is 4.30. The standard InChI is InChI=1S/C13H20N4S2/c1-3-7-16(4-2)8-9-17-12(14-15-13(17)18)11-6-5-10-19-11/h5-6,10H,3-4,7-9H2,1-2H3,(H,15,18). The number of thiophene rings is 1. The van der Waals surface area contributed by atoms with Gasteiger partial charge in [-0.25, -0.2) is 0 Å². The topological polar surface area (TPSA) is 36.9 Å². The molecule has 0 amide bonds. The molecule has 0 aliphatic heterocycles. The third-order valence-electron chi connectivity index (χ3n) is 3.13. The molecule has 0 saturated heterocycles. The number of aromatic nitrogens is 3. The lowest BCUT2D eigenvalue weighted by Crippen LogP contribution is -2.28. The summed E-state index contributed by atoms with van der Waals surface area (Å²) >= 11 is 7.02. The van der Waals surface area contributed by atoms with Crippen LogP contribution >= 0.6 is 23.6 Å². The molecule has 0 aliphatic carbocycles. The molecule has 6 heteroatoms. The molecule has 19 heavy (non-hydrogen) atoms. The second-order valence-electron chi connectivity index (χ2n) is 4.42. The Labute approximate surface area is 123 Å². The van der Waals surface area contributed by atoms with Crippen LogP contribution in [0.2, 0.25) is 0 Å². The van der Waals surface area contributed by atoms with E-state index in [9.17, 15) is 0 Å². The van der Waals surface area contributed by atoms with Crippen LogP contribution in [0.15, 0.2) is 17.5 Å². The van der Waals surface area contributed by atoms with Crippen molar-refractivity contribution in [2.45, 2.75) is 26.8 Å². The number of H-pyrrole nitrogens is 1. The van der Waals surface area contributed by atoms with Gasteiger partial charge >= 0.3 is 0 Å². The van der Waals surface area contributed by atoms with Gasteiger partial charge in [-0.05, 0) is 43.2 Å². The smallest absolute Gasteiger partial charge is 0.195 e. The van der Waals surface area contributed by atoms with Crippen LogP contribution in [0.25, 0.3) is 10.7 Å². The lowest BCUT2D eigenvalue weighted by atomic mass is 10.4. The summed E-state index contributed by atoms with van der Waals surface area (Å²) in [7, 11) is 0. The maximum Gasteiger partial charge on any atom is 0.195 e. The van der Waals surface area contributed by atoms with Crippen molar-refractivity contribution < 1.29 is 0 Å². The molecule has 0 bridgehead atoms. The SMILES string of the molecule is CCCN(CC)CCn1c(-c2cccs2)n[nH]c1=S. The minimum atomic E-state index is 0.705. The molecule has 0 unspecified atom stereocenters. The van der Waals surface area contributed by atoms with Gasteiger partial charge in [0, 0.05) is 13.1 Å². The van der Waals surface area contributed by atoms with E-state index in [0.29, 0.717) is 4.77 Å². The van der Waals surface area contributed by atoms with Crippen LogP contribution in [0.3, 0.4) is 0 Å². The molecule has 2 heterocycles. The quantitative estimate of drug-likeness (QED) is 0.796. The van der Waals surface area contributed by atoms with E-state index in [-0.39, 0.29) is 0 Å². The van der Waals surface area contributed by atoms with Crippen molar-refractivity contribution in [2.75, 3.05) is 19.6 Å². The average Bonchev–Trinajstić information content (AvgIpc) is 3.04. The first-order valence-corrected chi connectivity index (χ1v) is 7.96. The van der Waals surface area contributed by atoms with E-state index < -0.39 is 0 Å². The number of aromatic amines is 1. The van der Waals surface area contributed by atoms with Crippen LogP contribution in [0.5, 0.6) is 0 Å². The van der Waals surface area contributed by atoms with Gasteiger partial charge in [0.2, 0.25) is 0 Å². The van der Waals surface area contributed by atoms with Crippen molar-refractivity contribution in [1.29, 1.82) is 0 Å². The second kappa shape index (κ2) is 6.98. The minimum absolute atomic E-state index is 0.705. The lowest BCUT2D eigenvalue weighted by Gasteiger charge is -2.19. The Morgan fingerprint density at radius 1 is 1.42 bits per heavy atom. The fourth-order valence-corrected chi connectivity index (χ4v) is 3.05. The number of rotatable bonds is 7. The first-order chi connectivity index (χ1) is 9.26. The van der Waals surface area contributed by atoms with Crippen LogP contribution < -0.4 is 0 Å². The fourth-order valence-electron chi connectivity index (χ4n) is 2.10. The van der Waals surface area contributed by atoms with Gasteiger partial charge < -0.3 is 4.90 Å². The summed E-state index contributed by atoms with van der Waals surface area (Å²) in [5.74, 6) is 0.951. The Hall–Kier alpha value is -0.980. The molecule has 1 N–H and O–H groups in total. The van der Waals surface area contributed by atoms with Crippen LogP contribution in [0.1, 0.15) is 20.3 Å². The lowest BCUT2D eigenvalue weighted by molar-refractivity contribution is 0.276. The number of hydrogen-bond donors (Lipinski definition) is 1.